The van der Waals surface area contributed by atoms with E-state index in [0.29, 0.717) is 16.2 Å². The van der Waals surface area contributed by atoms with E-state index in [0.717, 1.165) is 17.5 Å². The van der Waals surface area contributed by atoms with E-state index in [4.69, 9.17) is 0 Å². The molecule has 2 unspecified atom stereocenters. The van der Waals surface area contributed by atoms with Crippen molar-refractivity contribution in [1.29, 1.82) is 0 Å². The van der Waals surface area contributed by atoms with Gasteiger partial charge in [0, 0.05) is 23.2 Å². The topological polar surface area (TPSA) is 83.6 Å². The number of anilines is 1. The fourth-order valence-corrected chi connectivity index (χ4v) is 4.87. The normalized spacial score (nSPS) is 14.2. The summed E-state index contributed by atoms with van der Waals surface area (Å²) in [6.45, 7) is 0.527. The maximum Gasteiger partial charge on any atom is 0.408 e. The SMILES string of the molecule is CC(=O)NC(CC(CN(c1ccc(Br)cc1)S(C)(=O)=O)SC(=O)S)C(F)(F)F. The molecule has 0 saturated carbocycles. The number of carbonyl (C=O) groups excluding carboxylic acids is 2. The van der Waals surface area contributed by atoms with Crippen LogP contribution in [-0.4, -0.2) is 49.0 Å². The first-order valence-corrected chi connectivity index (χ1v) is 11.6. The number of sulfonamides is 1. The fourth-order valence-electron chi connectivity index (χ4n) is 2.31. The molecule has 0 saturated heterocycles. The Hall–Kier alpha value is -0.920. The molecule has 1 aromatic carbocycles. The lowest BCUT2D eigenvalue weighted by Gasteiger charge is -2.30. The summed E-state index contributed by atoms with van der Waals surface area (Å²) in [4.78, 5) is 22.5. The molecule has 0 heterocycles. The molecule has 6 nitrogen and oxygen atoms in total. The Morgan fingerprint density at radius 1 is 1.29 bits per heavy atom. The molecule has 0 radical (unpaired) electrons. The van der Waals surface area contributed by atoms with Crippen LogP contribution in [0.3, 0.4) is 0 Å². The van der Waals surface area contributed by atoms with E-state index in [1.165, 1.54) is 12.1 Å². The third kappa shape index (κ3) is 8.62. The molecule has 0 fully saturated rings. The first-order valence-electron chi connectivity index (χ1n) is 7.67. The summed E-state index contributed by atoms with van der Waals surface area (Å²) in [5.74, 6) is -0.892. The largest absolute Gasteiger partial charge is 0.408 e. The van der Waals surface area contributed by atoms with Crippen LogP contribution < -0.4 is 9.62 Å². The smallest absolute Gasteiger partial charge is 0.345 e. The van der Waals surface area contributed by atoms with Crippen LogP contribution in [0.5, 0.6) is 0 Å². The van der Waals surface area contributed by atoms with Crippen LogP contribution in [0.4, 0.5) is 23.7 Å². The molecule has 0 aliphatic rings. The zero-order valence-electron chi connectivity index (χ0n) is 14.7. The molecule has 0 spiro atoms. The van der Waals surface area contributed by atoms with Crippen LogP contribution in [0.1, 0.15) is 13.3 Å². The number of thiol groups is 1. The van der Waals surface area contributed by atoms with E-state index in [2.05, 4.69) is 28.6 Å². The number of rotatable bonds is 8. The highest BCUT2D eigenvalue weighted by molar-refractivity contribution is 9.10. The maximum atomic E-state index is 13.3. The first kappa shape index (κ1) is 25.1. The molecular weight excluding hydrogens is 505 g/mol. The summed E-state index contributed by atoms with van der Waals surface area (Å²) >= 11 is 7.27. The summed E-state index contributed by atoms with van der Waals surface area (Å²) < 4.78 is 65.0. The van der Waals surface area contributed by atoms with Gasteiger partial charge in [-0.1, -0.05) is 40.3 Å². The van der Waals surface area contributed by atoms with Crippen LogP contribution in [0.25, 0.3) is 0 Å². The number of hydrogen-bond donors (Lipinski definition) is 2. The van der Waals surface area contributed by atoms with Gasteiger partial charge in [-0.2, -0.15) is 13.2 Å². The van der Waals surface area contributed by atoms with E-state index in [1.807, 2.05) is 0 Å². The molecule has 158 valence electrons. The van der Waals surface area contributed by atoms with E-state index < -0.39 is 50.8 Å². The van der Waals surface area contributed by atoms with E-state index >= 15 is 0 Å². The lowest BCUT2D eigenvalue weighted by molar-refractivity contribution is -0.162. The lowest BCUT2D eigenvalue weighted by Crippen LogP contribution is -2.48. The lowest BCUT2D eigenvalue weighted by atomic mass is 10.1. The molecule has 2 atom stereocenters. The van der Waals surface area contributed by atoms with Crippen LogP contribution in [0.2, 0.25) is 0 Å². The third-order valence-corrected chi connectivity index (χ3v) is 6.31. The molecule has 1 N–H and O–H groups in total. The number of hydrogen-bond acceptors (Lipinski definition) is 5. The highest BCUT2D eigenvalue weighted by atomic mass is 79.9. The molecule has 13 heteroatoms. The number of carbonyl (C=O) groups is 2. The van der Waals surface area contributed by atoms with E-state index in [1.54, 1.807) is 17.4 Å². The third-order valence-electron chi connectivity index (χ3n) is 3.42. The van der Waals surface area contributed by atoms with Crippen molar-refractivity contribution >= 4 is 66.4 Å². The summed E-state index contributed by atoms with van der Waals surface area (Å²) in [6.07, 6.45) is -4.56. The summed E-state index contributed by atoms with van der Waals surface area (Å²) in [7, 11) is -3.86. The van der Waals surface area contributed by atoms with Crippen molar-refractivity contribution in [2.45, 2.75) is 30.8 Å². The molecular formula is C15H18BrF3N2O4S3. The Labute approximate surface area is 179 Å². The standard InChI is InChI=1S/C15H18BrF3N2O4S3/c1-9(22)20-13(15(17,18)19)7-12(27-14(23)26)8-21(28(2,24)25)11-5-3-10(16)4-6-11/h3-6,12-13H,7-8H2,1-2H3,(H,20,22)(H,23,26). The number of thioether (sulfide) groups is 1. The predicted octanol–water partition coefficient (Wildman–Crippen LogP) is 3.82. The van der Waals surface area contributed by atoms with Gasteiger partial charge in [-0.25, -0.2) is 8.42 Å². The van der Waals surface area contributed by atoms with Crippen molar-refractivity contribution < 1.29 is 31.2 Å². The average molecular weight is 523 g/mol. The first-order chi connectivity index (χ1) is 12.7. The van der Waals surface area contributed by atoms with Crippen molar-refractivity contribution in [2.24, 2.45) is 0 Å². The molecule has 0 bridgehead atoms. The Balaban J connectivity index is 3.20. The highest BCUT2D eigenvalue weighted by Crippen LogP contribution is 2.31. The number of amides is 1. The minimum absolute atomic E-state index is 0.228. The van der Waals surface area contributed by atoms with Crippen molar-refractivity contribution in [3.05, 3.63) is 28.7 Å². The molecule has 0 aliphatic heterocycles. The van der Waals surface area contributed by atoms with Gasteiger partial charge in [-0.3, -0.25) is 13.9 Å². The van der Waals surface area contributed by atoms with Gasteiger partial charge in [0.15, 0.2) is 0 Å². The molecule has 0 aliphatic carbocycles. The van der Waals surface area contributed by atoms with E-state index in [9.17, 15) is 31.2 Å². The fraction of sp³-hybridized carbons (Fsp3) is 0.467. The predicted molar refractivity (Wildman–Crippen MR) is 110 cm³/mol. The van der Waals surface area contributed by atoms with Crippen LogP contribution >= 0.6 is 40.3 Å². The van der Waals surface area contributed by atoms with Gasteiger partial charge in [0.05, 0.1) is 11.9 Å². The van der Waals surface area contributed by atoms with Crippen molar-refractivity contribution in [2.75, 3.05) is 17.1 Å². The summed E-state index contributed by atoms with van der Waals surface area (Å²) in [5.41, 5.74) is 0.228. The molecule has 1 rings (SSSR count). The van der Waals surface area contributed by atoms with Gasteiger partial charge < -0.3 is 5.32 Å². The maximum absolute atomic E-state index is 13.3. The van der Waals surface area contributed by atoms with Crippen LogP contribution in [0, 0.1) is 0 Å². The van der Waals surface area contributed by atoms with Gasteiger partial charge in [0.1, 0.15) is 6.04 Å². The van der Waals surface area contributed by atoms with Gasteiger partial charge in [0.2, 0.25) is 20.4 Å². The van der Waals surface area contributed by atoms with E-state index in [-0.39, 0.29) is 5.69 Å². The van der Waals surface area contributed by atoms with Crippen LogP contribution in [0.15, 0.2) is 28.7 Å². The van der Waals surface area contributed by atoms with Crippen LogP contribution in [-0.2, 0) is 14.8 Å². The quantitative estimate of drug-likeness (QED) is 0.507. The number of halogens is 4. The highest BCUT2D eigenvalue weighted by Gasteiger charge is 2.42. The summed E-state index contributed by atoms with van der Waals surface area (Å²) in [6, 6.07) is 3.88. The van der Waals surface area contributed by atoms with Gasteiger partial charge in [-0.05, 0) is 30.7 Å². The van der Waals surface area contributed by atoms with Gasteiger partial charge in [0.25, 0.3) is 0 Å². The zero-order valence-corrected chi connectivity index (χ0v) is 18.8. The minimum atomic E-state index is -4.77. The Kier molecular flexibility index (Phi) is 9.16. The second-order valence-corrected chi connectivity index (χ2v) is 10.6. The number of nitrogens with one attached hydrogen (secondary N) is 1. The molecule has 1 amide bonds. The second-order valence-electron chi connectivity index (χ2n) is 5.81. The number of alkyl halides is 3. The van der Waals surface area contributed by atoms with Crippen molar-refractivity contribution in [3.8, 4) is 0 Å². The Morgan fingerprint density at radius 3 is 2.21 bits per heavy atom. The Bertz CT molecular complexity index is 804. The zero-order chi connectivity index (χ0) is 21.7. The second kappa shape index (κ2) is 10.2. The number of nitrogens with zero attached hydrogens (tertiary/aromatic N) is 1. The average Bonchev–Trinajstić information content (AvgIpc) is 2.49. The van der Waals surface area contributed by atoms with Crippen molar-refractivity contribution in [1.82, 2.24) is 5.32 Å². The summed E-state index contributed by atoms with van der Waals surface area (Å²) in [5, 5.41) is 0.686. The molecule has 0 aromatic heterocycles. The Morgan fingerprint density at radius 2 is 1.82 bits per heavy atom. The minimum Gasteiger partial charge on any atom is -0.345 e. The molecule has 1 aromatic rings. The molecule has 28 heavy (non-hydrogen) atoms. The van der Waals surface area contributed by atoms with Gasteiger partial charge >= 0.3 is 6.18 Å². The van der Waals surface area contributed by atoms with Crippen molar-refractivity contribution in [3.63, 3.8) is 0 Å². The number of benzene rings is 1. The van der Waals surface area contributed by atoms with Gasteiger partial charge in [-0.15, -0.1) is 0 Å². The monoisotopic (exact) mass is 522 g/mol.